The highest BCUT2D eigenvalue weighted by atomic mass is 16.1. The van der Waals surface area contributed by atoms with Crippen LogP contribution in [0.1, 0.15) is 27.2 Å². The van der Waals surface area contributed by atoms with Gasteiger partial charge in [0.05, 0.1) is 23.5 Å². The van der Waals surface area contributed by atoms with E-state index < -0.39 is 0 Å². The molecule has 0 spiro atoms. The van der Waals surface area contributed by atoms with Crippen LogP contribution in [-0.2, 0) is 6.54 Å². The summed E-state index contributed by atoms with van der Waals surface area (Å²) in [7, 11) is 0. The summed E-state index contributed by atoms with van der Waals surface area (Å²) in [5, 5.41) is 6.18. The number of nitrogens with one attached hydrogen (secondary N) is 2. The van der Waals surface area contributed by atoms with Crippen molar-refractivity contribution >= 4 is 17.3 Å². The van der Waals surface area contributed by atoms with Crippen LogP contribution in [-0.4, -0.2) is 15.9 Å². The fourth-order valence-corrected chi connectivity index (χ4v) is 2.44. The summed E-state index contributed by atoms with van der Waals surface area (Å²) >= 11 is 0. The lowest BCUT2D eigenvalue weighted by Crippen LogP contribution is -2.14. The Bertz CT molecular complexity index is 878. The first-order valence-electron chi connectivity index (χ1n) is 8.10. The molecule has 0 bridgehead atoms. The highest BCUT2D eigenvalue weighted by Gasteiger charge is 2.10. The molecule has 126 valence electrons. The van der Waals surface area contributed by atoms with Crippen molar-refractivity contribution in [1.82, 2.24) is 9.97 Å². The first kappa shape index (κ1) is 16.6. The molecule has 3 aromatic rings. The number of nitrogens with zero attached hydrogens (tertiary/aromatic N) is 2. The molecule has 0 aliphatic rings. The topological polar surface area (TPSA) is 66.9 Å². The molecule has 0 unspecified atom stereocenters. The molecule has 5 heteroatoms. The second-order valence-corrected chi connectivity index (χ2v) is 5.84. The number of pyridine rings is 2. The number of carbonyl (C=O) groups is 1. The number of aryl methyl sites for hydroxylation is 1. The van der Waals surface area contributed by atoms with Gasteiger partial charge in [-0.2, -0.15) is 0 Å². The molecular weight excluding hydrogens is 312 g/mol. The molecule has 0 fully saturated rings. The van der Waals surface area contributed by atoms with E-state index in [1.54, 1.807) is 24.7 Å². The zero-order valence-corrected chi connectivity index (χ0v) is 14.3. The lowest BCUT2D eigenvalue weighted by molar-refractivity contribution is 0.102. The number of aromatic nitrogens is 2. The van der Waals surface area contributed by atoms with Crippen LogP contribution >= 0.6 is 0 Å². The second kappa shape index (κ2) is 7.57. The van der Waals surface area contributed by atoms with Gasteiger partial charge in [0, 0.05) is 24.3 Å². The molecule has 1 aromatic carbocycles. The molecule has 0 aliphatic carbocycles. The molecule has 25 heavy (non-hydrogen) atoms. The van der Waals surface area contributed by atoms with Crippen molar-refractivity contribution in [1.29, 1.82) is 0 Å². The van der Waals surface area contributed by atoms with Gasteiger partial charge < -0.3 is 10.6 Å². The Morgan fingerprint density at radius 3 is 2.76 bits per heavy atom. The van der Waals surface area contributed by atoms with Crippen LogP contribution < -0.4 is 10.6 Å². The summed E-state index contributed by atoms with van der Waals surface area (Å²) in [5.41, 5.74) is 5.23. The van der Waals surface area contributed by atoms with E-state index in [2.05, 4.69) is 20.6 Å². The summed E-state index contributed by atoms with van der Waals surface area (Å²) in [5.74, 6) is -0.178. The minimum Gasteiger partial charge on any atom is -0.378 e. The van der Waals surface area contributed by atoms with Crippen molar-refractivity contribution in [3.63, 3.8) is 0 Å². The van der Waals surface area contributed by atoms with E-state index in [0.717, 1.165) is 28.2 Å². The van der Waals surface area contributed by atoms with Gasteiger partial charge in [-0.05, 0) is 49.2 Å². The zero-order valence-electron chi connectivity index (χ0n) is 14.3. The molecule has 0 atom stereocenters. The van der Waals surface area contributed by atoms with Gasteiger partial charge in [-0.1, -0.05) is 18.2 Å². The Morgan fingerprint density at radius 2 is 1.96 bits per heavy atom. The first-order valence-corrected chi connectivity index (χ1v) is 8.10. The fraction of sp³-hybridized carbons (Fsp3) is 0.150. The fourth-order valence-electron chi connectivity index (χ4n) is 2.44. The van der Waals surface area contributed by atoms with Crippen molar-refractivity contribution in [2.24, 2.45) is 0 Å². The Kier molecular flexibility index (Phi) is 5.04. The second-order valence-electron chi connectivity index (χ2n) is 5.84. The third kappa shape index (κ3) is 4.20. The van der Waals surface area contributed by atoms with Gasteiger partial charge in [-0.3, -0.25) is 14.8 Å². The third-order valence-electron chi connectivity index (χ3n) is 4.05. The predicted octanol–water partition coefficient (Wildman–Crippen LogP) is 3.96. The monoisotopic (exact) mass is 332 g/mol. The van der Waals surface area contributed by atoms with Gasteiger partial charge in [0.1, 0.15) is 0 Å². The minimum absolute atomic E-state index is 0.178. The number of amides is 1. The van der Waals surface area contributed by atoms with Gasteiger partial charge in [-0.15, -0.1) is 0 Å². The van der Waals surface area contributed by atoms with Gasteiger partial charge in [0.15, 0.2) is 0 Å². The number of carbonyl (C=O) groups excluding carboxylic acids is 1. The molecule has 0 aliphatic heterocycles. The van der Waals surface area contributed by atoms with Gasteiger partial charge in [0.25, 0.3) is 5.91 Å². The number of rotatable bonds is 5. The third-order valence-corrected chi connectivity index (χ3v) is 4.05. The van der Waals surface area contributed by atoms with Crippen molar-refractivity contribution < 1.29 is 4.79 Å². The summed E-state index contributed by atoms with van der Waals surface area (Å²) in [6.07, 6.45) is 5.01. The van der Waals surface area contributed by atoms with Crippen LogP contribution in [0.5, 0.6) is 0 Å². The van der Waals surface area contributed by atoms with E-state index in [-0.39, 0.29) is 5.91 Å². The molecular formula is C20H20N4O. The predicted molar refractivity (Wildman–Crippen MR) is 99.7 cm³/mol. The minimum atomic E-state index is -0.178. The zero-order chi connectivity index (χ0) is 17.6. The van der Waals surface area contributed by atoms with Crippen LogP contribution in [0.25, 0.3) is 0 Å². The average Bonchev–Trinajstić information content (AvgIpc) is 2.65. The summed E-state index contributed by atoms with van der Waals surface area (Å²) < 4.78 is 0. The van der Waals surface area contributed by atoms with E-state index in [1.165, 1.54) is 0 Å². The smallest absolute Gasteiger partial charge is 0.257 e. The van der Waals surface area contributed by atoms with E-state index in [4.69, 9.17) is 0 Å². The maximum absolute atomic E-state index is 12.5. The lowest BCUT2D eigenvalue weighted by Gasteiger charge is -2.11. The standard InChI is InChI=1S/C20H20N4O/c1-14-6-5-8-19(15(14)2)24-20(25)16-10-18(12-21-11-16)23-13-17-7-3-4-9-22-17/h3-12,23H,13H2,1-2H3,(H,24,25). The molecule has 0 saturated carbocycles. The van der Waals surface area contributed by atoms with Crippen LogP contribution in [0.15, 0.2) is 61.1 Å². The lowest BCUT2D eigenvalue weighted by atomic mass is 10.1. The largest absolute Gasteiger partial charge is 0.378 e. The normalized spacial score (nSPS) is 10.3. The summed E-state index contributed by atoms with van der Waals surface area (Å²) in [6, 6.07) is 13.4. The highest BCUT2D eigenvalue weighted by molar-refractivity contribution is 6.05. The van der Waals surface area contributed by atoms with Crippen molar-refractivity contribution in [2.45, 2.75) is 20.4 Å². The van der Waals surface area contributed by atoms with Crippen molar-refractivity contribution in [3.8, 4) is 0 Å². The maximum atomic E-state index is 12.5. The Labute approximate surface area is 147 Å². The molecule has 2 N–H and O–H groups in total. The van der Waals surface area contributed by atoms with E-state index >= 15 is 0 Å². The SMILES string of the molecule is Cc1cccc(NC(=O)c2cncc(NCc3ccccn3)c2)c1C. The molecule has 3 rings (SSSR count). The highest BCUT2D eigenvalue weighted by Crippen LogP contribution is 2.19. The molecule has 2 heterocycles. The van der Waals surface area contributed by atoms with Crippen molar-refractivity contribution in [3.05, 3.63) is 83.4 Å². The Balaban J connectivity index is 1.70. The van der Waals surface area contributed by atoms with Crippen LogP contribution in [0, 0.1) is 13.8 Å². The molecule has 5 nitrogen and oxygen atoms in total. The van der Waals surface area contributed by atoms with E-state index in [0.29, 0.717) is 12.1 Å². The molecule has 0 saturated heterocycles. The molecule has 0 radical (unpaired) electrons. The summed E-state index contributed by atoms with van der Waals surface area (Å²) in [4.78, 5) is 20.9. The van der Waals surface area contributed by atoms with Crippen LogP contribution in [0.4, 0.5) is 11.4 Å². The average molecular weight is 332 g/mol. The van der Waals surface area contributed by atoms with Gasteiger partial charge in [0.2, 0.25) is 0 Å². The molecule has 1 amide bonds. The van der Waals surface area contributed by atoms with Crippen LogP contribution in [0.3, 0.4) is 0 Å². The maximum Gasteiger partial charge on any atom is 0.257 e. The quantitative estimate of drug-likeness (QED) is 0.742. The first-order chi connectivity index (χ1) is 12.1. The van der Waals surface area contributed by atoms with Gasteiger partial charge in [-0.25, -0.2) is 0 Å². The van der Waals surface area contributed by atoms with E-state index in [9.17, 15) is 4.79 Å². The van der Waals surface area contributed by atoms with Crippen molar-refractivity contribution in [2.75, 3.05) is 10.6 Å². The molecule has 2 aromatic heterocycles. The van der Waals surface area contributed by atoms with Crippen LogP contribution in [0.2, 0.25) is 0 Å². The Morgan fingerprint density at radius 1 is 1.08 bits per heavy atom. The number of hydrogen-bond acceptors (Lipinski definition) is 4. The number of benzene rings is 1. The van der Waals surface area contributed by atoms with E-state index in [1.807, 2.05) is 50.2 Å². The summed E-state index contributed by atoms with van der Waals surface area (Å²) in [6.45, 7) is 4.59. The van der Waals surface area contributed by atoms with Gasteiger partial charge >= 0.3 is 0 Å². The number of anilines is 2. The Hall–Kier alpha value is -3.21. The number of hydrogen-bond donors (Lipinski definition) is 2.